The molecule has 2 aromatic rings. The topological polar surface area (TPSA) is 40.2 Å². The van der Waals surface area contributed by atoms with E-state index in [0.717, 1.165) is 49.4 Å². The van der Waals surface area contributed by atoms with Gasteiger partial charge in [-0.1, -0.05) is 37.6 Å². The molecule has 26 heavy (non-hydrogen) atoms. The van der Waals surface area contributed by atoms with Gasteiger partial charge in [0.2, 0.25) is 0 Å². The number of furan rings is 1. The Labute approximate surface area is 155 Å². The molecular formula is C22H27FN2O. The Morgan fingerprint density at radius 1 is 1.27 bits per heavy atom. The molecule has 0 bridgehead atoms. The molecule has 138 valence electrons. The van der Waals surface area contributed by atoms with Gasteiger partial charge in [0.1, 0.15) is 17.7 Å². The minimum Gasteiger partial charge on any atom is -0.461 e. The summed E-state index contributed by atoms with van der Waals surface area (Å²) in [6.45, 7) is 6.02. The Hall–Kier alpha value is -2.12. The van der Waals surface area contributed by atoms with E-state index in [-0.39, 0.29) is 0 Å². The molecule has 0 spiro atoms. The van der Waals surface area contributed by atoms with E-state index in [2.05, 4.69) is 42.2 Å². The number of piperidine rings is 1. The van der Waals surface area contributed by atoms with Gasteiger partial charge >= 0.3 is 0 Å². The monoisotopic (exact) mass is 354 g/mol. The van der Waals surface area contributed by atoms with E-state index in [1.807, 2.05) is 19.1 Å². The van der Waals surface area contributed by atoms with Gasteiger partial charge in [-0.2, -0.15) is 5.26 Å². The van der Waals surface area contributed by atoms with Crippen LogP contribution >= 0.6 is 0 Å². The van der Waals surface area contributed by atoms with Crippen molar-refractivity contribution in [2.75, 3.05) is 13.1 Å². The van der Waals surface area contributed by atoms with E-state index < -0.39 is 11.6 Å². The first-order valence-corrected chi connectivity index (χ1v) is 9.45. The summed E-state index contributed by atoms with van der Waals surface area (Å²) < 4.78 is 20.6. The van der Waals surface area contributed by atoms with Crippen molar-refractivity contribution in [3.63, 3.8) is 0 Å². The first-order chi connectivity index (χ1) is 12.6. The van der Waals surface area contributed by atoms with E-state index in [4.69, 9.17) is 9.68 Å². The van der Waals surface area contributed by atoms with Crippen LogP contribution in [0.15, 0.2) is 40.8 Å². The Balaban J connectivity index is 1.63. The lowest BCUT2D eigenvalue weighted by molar-refractivity contribution is -0.000315. The summed E-state index contributed by atoms with van der Waals surface area (Å²) in [4.78, 5) is 2.17. The fraction of sp³-hybridized carbons (Fsp3) is 0.500. The lowest BCUT2D eigenvalue weighted by Gasteiger charge is -2.43. The highest BCUT2D eigenvalue weighted by Gasteiger charge is 2.42. The second kappa shape index (κ2) is 8.05. The summed E-state index contributed by atoms with van der Waals surface area (Å²) in [5, 5.41) is 9.11. The van der Waals surface area contributed by atoms with Crippen LogP contribution in [-0.4, -0.2) is 24.2 Å². The quantitative estimate of drug-likeness (QED) is 0.688. The van der Waals surface area contributed by atoms with Gasteiger partial charge in [-0.3, -0.25) is 4.90 Å². The van der Waals surface area contributed by atoms with Gasteiger partial charge in [-0.25, -0.2) is 4.39 Å². The molecule has 0 aliphatic carbocycles. The molecule has 2 atom stereocenters. The normalized spacial score (nSPS) is 23.7. The molecule has 1 fully saturated rings. The van der Waals surface area contributed by atoms with Gasteiger partial charge < -0.3 is 4.42 Å². The third-order valence-electron chi connectivity index (χ3n) is 5.57. The van der Waals surface area contributed by atoms with Gasteiger partial charge in [0.15, 0.2) is 0 Å². The molecule has 0 radical (unpaired) electrons. The third-order valence-corrected chi connectivity index (χ3v) is 5.57. The Kier molecular flexibility index (Phi) is 5.78. The number of rotatable bonds is 6. The van der Waals surface area contributed by atoms with Crippen molar-refractivity contribution in [1.29, 1.82) is 5.26 Å². The molecule has 1 aliphatic rings. The number of likely N-dealkylation sites (tertiary alicyclic amines) is 1. The predicted octanol–water partition coefficient (Wildman–Crippen LogP) is 5.50. The summed E-state index contributed by atoms with van der Waals surface area (Å²) in [7, 11) is 0. The molecule has 1 aromatic heterocycles. The van der Waals surface area contributed by atoms with Crippen molar-refractivity contribution < 1.29 is 8.81 Å². The van der Waals surface area contributed by atoms with Gasteiger partial charge in [0, 0.05) is 30.5 Å². The standard InChI is InChI=1S/C22H27FN2O/c1-3-10-22(11-13-24)12-14-25(16-21(22)23)15-18-5-7-19(8-6-18)20-9-4-17(2)26-20/h4-9,21H,3,10-12,14-16H2,1-2H3. The highest BCUT2D eigenvalue weighted by atomic mass is 19.1. The maximum Gasteiger partial charge on any atom is 0.134 e. The van der Waals surface area contributed by atoms with Crippen LogP contribution in [0.1, 0.15) is 43.9 Å². The van der Waals surface area contributed by atoms with E-state index >= 15 is 0 Å². The van der Waals surface area contributed by atoms with Crippen molar-refractivity contribution in [3.8, 4) is 17.4 Å². The Morgan fingerprint density at radius 2 is 2.04 bits per heavy atom. The summed E-state index contributed by atoms with van der Waals surface area (Å²) in [5.74, 6) is 1.77. The van der Waals surface area contributed by atoms with Crippen LogP contribution in [0.4, 0.5) is 4.39 Å². The van der Waals surface area contributed by atoms with Crippen LogP contribution in [0.2, 0.25) is 0 Å². The average molecular weight is 354 g/mol. The second-order valence-corrected chi connectivity index (χ2v) is 7.51. The van der Waals surface area contributed by atoms with E-state index in [0.29, 0.717) is 13.0 Å². The van der Waals surface area contributed by atoms with Gasteiger partial charge in [-0.05, 0) is 44.0 Å². The van der Waals surface area contributed by atoms with Gasteiger partial charge in [0.25, 0.3) is 0 Å². The highest BCUT2D eigenvalue weighted by molar-refractivity contribution is 5.57. The molecule has 0 N–H and O–H groups in total. The van der Waals surface area contributed by atoms with E-state index in [1.54, 1.807) is 0 Å². The molecule has 3 nitrogen and oxygen atoms in total. The second-order valence-electron chi connectivity index (χ2n) is 7.51. The molecule has 1 aliphatic heterocycles. The van der Waals surface area contributed by atoms with Crippen molar-refractivity contribution in [1.82, 2.24) is 4.90 Å². The Morgan fingerprint density at radius 3 is 2.62 bits per heavy atom. The van der Waals surface area contributed by atoms with Crippen molar-refractivity contribution in [2.45, 2.75) is 52.2 Å². The minimum atomic E-state index is -0.929. The van der Waals surface area contributed by atoms with Crippen LogP contribution in [0.5, 0.6) is 0 Å². The maximum absolute atomic E-state index is 14.9. The van der Waals surface area contributed by atoms with Crippen molar-refractivity contribution in [2.24, 2.45) is 5.41 Å². The number of alkyl halides is 1. The SMILES string of the molecule is CCCC1(CC#N)CCN(Cc2ccc(-c3ccc(C)o3)cc2)CC1F. The number of aryl methyl sites for hydroxylation is 1. The summed E-state index contributed by atoms with van der Waals surface area (Å²) in [5.41, 5.74) is 1.79. The number of nitriles is 1. The van der Waals surface area contributed by atoms with Crippen molar-refractivity contribution >= 4 is 0 Å². The van der Waals surface area contributed by atoms with E-state index in [1.165, 1.54) is 5.56 Å². The molecule has 0 saturated carbocycles. The van der Waals surface area contributed by atoms with Crippen LogP contribution in [0.3, 0.4) is 0 Å². The zero-order valence-corrected chi connectivity index (χ0v) is 15.7. The molecule has 4 heteroatoms. The summed E-state index contributed by atoms with van der Waals surface area (Å²) >= 11 is 0. The van der Waals surface area contributed by atoms with Crippen LogP contribution in [0.25, 0.3) is 11.3 Å². The summed E-state index contributed by atoms with van der Waals surface area (Å²) in [6, 6.07) is 14.4. The lowest BCUT2D eigenvalue weighted by atomic mass is 9.71. The first kappa shape index (κ1) is 18.7. The number of hydrogen-bond acceptors (Lipinski definition) is 3. The van der Waals surface area contributed by atoms with Crippen LogP contribution in [-0.2, 0) is 6.54 Å². The number of halogens is 1. The molecule has 2 unspecified atom stereocenters. The predicted molar refractivity (Wildman–Crippen MR) is 101 cm³/mol. The number of nitrogens with zero attached hydrogens (tertiary/aromatic N) is 2. The van der Waals surface area contributed by atoms with Crippen molar-refractivity contribution in [3.05, 3.63) is 47.7 Å². The van der Waals surface area contributed by atoms with Gasteiger partial charge in [-0.15, -0.1) is 0 Å². The highest BCUT2D eigenvalue weighted by Crippen LogP contribution is 2.41. The first-order valence-electron chi connectivity index (χ1n) is 9.45. The minimum absolute atomic E-state index is 0.326. The van der Waals surface area contributed by atoms with Crippen LogP contribution in [0, 0.1) is 23.7 Å². The maximum atomic E-state index is 14.9. The van der Waals surface area contributed by atoms with Gasteiger partial charge in [0.05, 0.1) is 6.07 Å². The average Bonchev–Trinajstić information content (AvgIpc) is 3.06. The third kappa shape index (κ3) is 3.99. The zero-order valence-electron chi connectivity index (χ0n) is 15.7. The Bertz CT molecular complexity index is 761. The smallest absolute Gasteiger partial charge is 0.134 e. The summed E-state index contributed by atoms with van der Waals surface area (Å²) in [6.07, 6.45) is 1.89. The fourth-order valence-corrected chi connectivity index (χ4v) is 4.04. The van der Waals surface area contributed by atoms with E-state index in [9.17, 15) is 4.39 Å². The molecule has 2 heterocycles. The largest absolute Gasteiger partial charge is 0.461 e. The molecule has 3 rings (SSSR count). The fourth-order valence-electron chi connectivity index (χ4n) is 4.04. The number of benzene rings is 1. The molecule has 1 aromatic carbocycles. The zero-order chi connectivity index (χ0) is 18.6. The molecule has 0 amide bonds. The lowest BCUT2D eigenvalue weighted by Crippen LogP contribution is -2.48. The van der Waals surface area contributed by atoms with Crippen LogP contribution < -0.4 is 0 Å². The number of hydrogen-bond donors (Lipinski definition) is 0. The molecule has 1 saturated heterocycles. The molecular weight excluding hydrogens is 327 g/mol.